The third-order valence-corrected chi connectivity index (χ3v) is 5.70. The molecule has 5 nitrogen and oxygen atoms in total. The molecule has 5 heteroatoms. The van der Waals surface area contributed by atoms with E-state index in [1.807, 2.05) is 75.4 Å². The van der Waals surface area contributed by atoms with Gasteiger partial charge in [0.25, 0.3) is 0 Å². The summed E-state index contributed by atoms with van der Waals surface area (Å²) in [5.41, 5.74) is 2.90. The summed E-state index contributed by atoms with van der Waals surface area (Å²) in [6, 6.07) is 30.4. The molecule has 0 amide bonds. The molecule has 0 radical (unpaired) electrons. The molecule has 0 saturated carbocycles. The summed E-state index contributed by atoms with van der Waals surface area (Å²) in [5.74, 6) is 0. The Bertz CT molecular complexity index is 988. The second-order valence-electron chi connectivity index (χ2n) is 9.80. The lowest BCUT2D eigenvalue weighted by molar-refractivity contribution is -0.225. The fourth-order valence-electron chi connectivity index (χ4n) is 4.05. The molecule has 1 fully saturated rings. The van der Waals surface area contributed by atoms with Gasteiger partial charge in [0.1, 0.15) is 18.3 Å². The zero-order valence-electron chi connectivity index (χ0n) is 20.8. The van der Waals surface area contributed by atoms with Crippen molar-refractivity contribution in [2.24, 2.45) is 0 Å². The first kappa shape index (κ1) is 25.5. The fraction of sp³-hybridized carbons (Fsp3) is 0.400. The van der Waals surface area contributed by atoms with E-state index in [-0.39, 0.29) is 12.2 Å². The Labute approximate surface area is 208 Å². The molecule has 1 saturated heterocycles. The van der Waals surface area contributed by atoms with Crippen molar-refractivity contribution in [1.29, 1.82) is 0 Å². The highest BCUT2D eigenvalue weighted by atomic mass is 16.7. The third-order valence-electron chi connectivity index (χ3n) is 5.70. The van der Waals surface area contributed by atoms with Gasteiger partial charge in [-0.1, -0.05) is 91.0 Å². The summed E-state index contributed by atoms with van der Waals surface area (Å²) in [4.78, 5) is 0. The number of rotatable bonds is 11. The van der Waals surface area contributed by atoms with Gasteiger partial charge in [-0.2, -0.15) is 0 Å². The Balaban J connectivity index is 1.49. The van der Waals surface area contributed by atoms with Crippen molar-refractivity contribution in [3.63, 3.8) is 0 Å². The highest BCUT2D eigenvalue weighted by molar-refractivity contribution is 5.15. The van der Waals surface area contributed by atoms with Crippen LogP contribution in [0.1, 0.15) is 37.5 Å². The Morgan fingerprint density at radius 3 is 1.57 bits per heavy atom. The van der Waals surface area contributed by atoms with E-state index >= 15 is 0 Å². The number of benzene rings is 3. The molecule has 3 aromatic carbocycles. The predicted octanol–water partition coefficient (Wildman–Crippen LogP) is 5.91. The summed E-state index contributed by atoms with van der Waals surface area (Å²) in [5, 5.41) is 0. The van der Waals surface area contributed by atoms with Crippen molar-refractivity contribution in [3.05, 3.63) is 108 Å². The van der Waals surface area contributed by atoms with Crippen LogP contribution in [0.2, 0.25) is 0 Å². The first-order chi connectivity index (χ1) is 17.0. The van der Waals surface area contributed by atoms with Gasteiger partial charge in [-0.15, -0.1) is 0 Å². The lowest BCUT2D eigenvalue weighted by Gasteiger charge is -2.29. The molecule has 0 aromatic heterocycles. The molecule has 1 aliphatic heterocycles. The van der Waals surface area contributed by atoms with Crippen molar-refractivity contribution in [1.82, 2.24) is 0 Å². The average Bonchev–Trinajstić information content (AvgIpc) is 3.17. The normalized spacial score (nSPS) is 22.4. The average molecular weight is 477 g/mol. The molecule has 4 rings (SSSR count). The minimum atomic E-state index is -0.565. The van der Waals surface area contributed by atoms with Crippen molar-refractivity contribution in [2.75, 3.05) is 6.61 Å². The van der Waals surface area contributed by atoms with Crippen LogP contribution in [-0.2, 0) is 43.5 Å². The molecule has 0 unspecified atom stereocenters. The van der Waals surface area contributed by atoms with Crippen LogP contribution in [0.4, 0.5) is 0 Å². The van der Waals surface area contributed by atoms with Gasteiger partial charge in [-0.25, -0.2) is 0 Å². The molecule has 0 spiro atoms. The zero-order valence-corrected chi connectivity index (χ0v) is 20.8. The number of ether oxygens (including phenoxy) is 5. The highest BCUT2D eigenvalue weighted by Crippen LogP contribution is 2.32. The third kappa shape index (κ3) is 7.99. The maximum absolute atomic E-state index is 6.44. The first-order valence-electron chi connectivity index (χ1n) is 12.2. The van der Waals surface area contributed by atoms with E-state index in [4.69, 9.17) is 23.7 Å². The van der Waals surface area contributed by atoms with Crippen molar-refractivity contribution in [3.8, 4) is 0 Å². The molecule has 4 atom stereocenters. The topological polar surface area (TPSA) is 46.2 Å². The highest BCUT2D eigenvalue weighted by Gasteiger charge is 2.48. The molecule has 1 heterocycles. The summed E-state index contributed by atoms with van der Waals surface area (Å²) in [6.07, 6.45) is -1.63. The monoisotopic (exact) mass is 476 g/mol. The SMILES string of the molecule is CC(C)(C)O[C@@H]1O[C@H](COCc2ccccc2)[C@@H](OCc2ccccc2)[C@@H]1OCc1ccccc1. The standard InChI is InChI=1S/C30H36O5/c1-30(2,3)35-29-28(33-21-25-17-11-6-12-18-25)27(32-20-24-15-9-5-10-16-24)26(34-29)22-31-19-23-13-7-4-8-14-23/h4-18,26-29H,19-22H2,1-3H3/t26-,27-,28+,29+/m1/s1. The van der Waals surface area contributed by atoms with E-state index in [1.165, 1.54) is 0 Å². The van der Waals surface area contributed by atoms with E-state index in [0.29, 0.717) is 26.4 Å². The van der Waals surface area contributed by atoms with Crippen LogP contribution in [-0.4, -0.2) is 36.8 Å². The molecular formula is C30H36O5. The van der Waals surface area contributed by atoms with Crippen LogP contribution < -0.4 is 0 Å². The molecule has 0 bridgehead atoms. The summed E-state index contributed by atoms with van der Waals surface area (Å²) < 4.78 is 31.6. The van der Waals surface area contributed by atoms with Gasteiger partial charge in [0.05, 0.1) is 32.0 Å². The van der Waals surface area contributed by atoms with Gasteiger partial charge >= 0.3 is 0 Å². The lowest BCUT2D eigenvalue weighted by atomic mass is 10.1. The van der Waals surface area contributed by atoms with E-state index in [9.17, 15) is 0 Å². The van der Waals surface area contributed by atoms with Crippen LogP contribution in [0.5, 0.6) is 0 Å². The smallest absolute Gasteiger partial charge is 0.187 e. The predicted molar refractivity (Wildman–Crippen MR) is 136 cm³/mol. The molecule has 35 heavy (non-hydrogen) atoms. The van der Waals surface area contributed by atoms with Crippen LogP contribution in [0.15, 0.2) is 91.0 Å². The van der Waals surface area contributed by atoms with Crippen LogP contribution in [0.3, 0.4) is 0 Å². The van der Waals surface area contributed by atoms with E-state index < -0.39 is 18.0 Å². The van der Waals surface area contributed by atoms with E-state index in [1.54, 1.807) is 0 Å². The summed E-state index contributed by atoms with van der Waals surface area (Å²) in [7, 11) is 0. The van der Waals surface area contributed by atoms with Gasteiger partial charge in [0.2, 0.25) is 0 Å². The molecular weight excluding hydrogens is 440 g/mol. The fourth-order valence-corrected chi connectivity index (χ4v) is 4.05. The van der Waals surface area contributed by atoms with E-state index in [2.05, 4.69) is 36.4 Å². The molecule has 1 aliphatic rings. The number of hydrogen-bond donors (Lipinski definition) is 0. The van der Waals surface area contributed by atoms with Crippen molar-refractivity contribution >= 4 is 0 Å². The van der Waals surface area contributed by atoms with Gasteiger partial charge in [-0.05, 0) is 37.5 Å². The second kappa shape index (κ2) is 12.4. The molecule has 0 aliphatic carbocycles. The minimum Gasteiger partial charge on any atom is -0.374 e. The van der Waals surface area contributed by atoms with Crippen molar-refractivity contribution < 1.29 is 23.7 Å². The maximum Gasteiger partial charge on any atom is 0.187 e. The Kier molecular flexibility index (Phi) is 9.07. The van der Waals surface area contributed by atoms with Gasteiger partial charge in [-0.3, -0.25) is 0 Å². The maximum atomic E-state index is 6.44. The second-order valence-corrected chi connectivity index (χ2v) is 9.80. The Hall–Kier alpha value is -2.54. The van der Waals surface area contributed by atoms with Crippen LogP contribution in [0, 0.1) is 0 Å². The van der Waals surface area contributed by atoms with Gasteiger partial charge < -0.3 is 23.7 Å². The van der Waals surface area contributed by atoms with Crippen LogP contribution >= 0.6 is 0 Å². The summed E-state index contributed by atoms with van der Waals surface area (Å²) >= 11 is 0. The number of hydrogen-bond acceptors (Lipinski definition) is 5. The van der Waals surface area contributed by atoms with Gasteiger partial charge in [0.15, 0.2) is 6.29 Å². The molecule has 3 aromatic rings. The molecule has 0 N–H and O–H groups in total. The van der Waals surface area contributed by atoms with Crippen LogP contribution in [0.25, 0.3) is 0 Å². The zero-order chi connectivity index (χ0) is 24.5. The van der Waals surface area contributed by atoms with Gasteiger partial charge in [0, 0.05) is 0 Å². The minimum absolute atomic E-state index is 0.324. The first-order valence-corrected chi connectivity index (χ1v) is 12.2. The quantitative estimate of drug-likeness (QED) is 0.344. The Morgan fingerprint density at radius 2 is 1.09 bits per heavy atom. The van der Waals surface area contributed by atoms with E-state index in [0.717, 1.165) is 16.7 Å². The molecule has 186 valence electrons. The lowest BCUT2D eigenvalue weighted by Crippen LogP contribution is -2.41. The van der Waals surface area contributed by atoms with Crippen molar-refractivity contribution in [2.45, 2.75) is 70.8 Å². The summed E-state index contributed by atoms with van der Waals surface area (Å²) in [6.45, 7) is 7.84. The largest absolute Gasteiger partial charge is 0.374 e. The Morgan fingerprint density at radius 1 is 0.629 bits per heavy atom.